The van der Waals surface area contributed by atoms with Gasteiger partial charge in [-0.15, -0.1) is 0 Å². The van der Waals surface area contributed by atoms with E-state index in [1.165, 1.54) is 6.92 Å². The number of rotatable bonds is 5. The Morgan fingerprint density at radius 1 is 1.00 bits per heavy atom. The molecule has 0 saturated heterocycles. The highest BCUT2D eigenvalue weighted by atomic mass is 16.6. The normalized spacial score (nSPS) is 13.1. The third-order valence-corrected chi connectivity index (χ3v) is 2.86. The first-order chi connectivity index (χ1) is 10.9. The van der Waals surface area contributed by atoms with Gasteiger partial charge in [0.15, 0.2) is 0 Å². The highest BCUT2D eigenvalue weighted by Gasteiger charge is 2.26. The molecule has 0 heterocycles. The van der Waals surface area contributed by atoms with Crippen LogP contribution in [0.5, 0.6) is 5.75 Å². The van der Waals surface area contributed by atoms with Gasteiger partial charge in [0.1, 0.15) is 23.0 Å². The van der Waals surface area contributed by atoms with Crippen LogP contribution in [0.1, 0.15) is 54.0 Å². The van der Waals surface area contributed by atoms with Crippen molar-refractivity contribution in [1.82, 2.24) is 5.32 Å². The van der Waals surface area contributed by atoms with Crippen LogP contribution in [0.2, 0.25) is 0 Å². The first-order valence-corrected chi connectivity index (χ1v) is 8.14. The third-order valence-electron chi connectivity index (χ3n) is 2.86. The van der Waals surface area contributed by atoms with Crippen LogP contribution in [-0.2, 0) is 20.7 Å². The molecule has 5 heteroatoms. The van der Waals surface area contributed by atoms with E-state index in [-0.39, 0.29) is 11.5 Å². The molecule has 1 N–H and O–H groups in total. The largest absolute Gasteiger partial charge is 0.488 e. The number of hydrogen-bond acceptors (Lipinski definition) is 4. The SMILES string of the molecule is CC(=O)N[C@@H](Cc1ccc(OC(C)(C)C)cc1)C(=O)OC(C)(C)C. The van der Waals surface area contributed by atoms with E-state index >= 15 is 0 Å². The van der Waals surface area contributed by atoms with Crippen molar-refractivity contribution in [3.05, 3.63) is 29.8 Å². The molecule has 0 unspecified atom stereocenters. The minimum Gasteiger partial charge on any atom is -0.488 e. The summed E-state index contributed by atoms with van der Waals surface area (Å²) in [4.78, 5) is 23.7. The monoisotopic (exact) mass is 335 g/mol. The zero-order valence-electron chi connectivity index (χ0n) is 15.7. The van der Waals surface area contributed by atoms with Crippen molar-refractivity contribution >= 4 is 11.9 Å². The van der Waals surface area contributed by atoms with Gasteiger partial charge in [-0.25, -0.2) is 4.79 Å². The Balaban J connectivity index is 2.83. The second-order valence-corrected chi connectivity index (χ2v) is 7.85. The highest BCUT2D eigenvalue weighted by molar-refractivity contribution is 5.83. The van der Waals surface area contributed by atoms with E-state index in [1.807, 2.05) is 45.0 Å². The van der Waals surface area contributed by atoms with E-state index in [2.05, 4.69) is 5.32 Å². The molecule has 1 amide bonds. The molecule has 0 aromatic heterocycles. The molecular formula is C19H29NO4. The summed E-state index contributed by atoms with van der Waals surface area (Å²) < 4.78 is 11.2. The minimum absolute atomic E-state index is 0.265. The molecule has 24 heavy (non-hydrogen) atoms. The third kappa shape index (κ3) is 7.99. The molecule has 0 bridgehead atoms. The van der Waals surface area contributed by atoms with Gasteiger partial charge < -0.3 is 14.8 Å². The van der Waals surface area contributed by atoms with Gasteiger partial charge in [-0.3, -0.25) is 4.79 Å². The summed E-state index contributed by atoms with van der Waals surface area (Å²) in [6.45, 7) is 12.7. The number of amides is 1. The minimum atomic E-state index is -0.712. The standard InChI is InChI=1S/C19H29NO4/c1-13(21)20-16(17(22)24-19(5,6)7)12-14-8-10-15(11-9-14)23-18(2,3)4/h8-11,16H,12H2,1-7H3,(H,20,21)/t16-/m0/s1. The van der Waals surface area contributed by atoms with Gasteiger partial charge in [-0.05, 0) is 59.2 Å². The Bertz CT molecular complexity index is 565. The number of benzene rings is 1. The Kier molecular flexibility index (Phi) is 6.41. The lowest BCUT2D eigenvalue weighted by Gasteiger charge is -2.24. The lowest BCUT2D eigenvalue weighted by molar-refractivity contribution is -0.158. The Morgan fingerprint density at radius 3 is 1.96 bits per heavy atom. The van der Waals surface area contributed by atoms with Crippen molar-refractivity contribution in [2.75, 3.05) is 0 Å². The second kappa shape index (κ2) is 7.69. The van der Waals surface area contributed by atoms with E-state index in [4.69, 9.17) is 9.47 Å². The molecule has 1 rings (SSSR count). The molecule has 0 radical (unpaired) electrons. The molecule has 1 aromatic rings. The van der Waals surface area contributed by atoms with E-state index < -0.39 is 17.6 Å². The van der Waals surface area contributed by atoms with E-state index in [0.717, 1.165) is 11.3 Å². The van der Waals surface area contributed by atoms with Crippen molar-refractivity contribution in [3.8, 4) is 5.75 Å². The van der Waals surface area contributed by atoms with Crippen LogP contribution < -0.4 is 10.1 Å². The Labute approximate surface area is 144 Å². The van der Waals surface area contributed by atoms with Crippen LogP contribution in [0, 0.1) is 0 Å². The van der Waals surface area contributed by atoms with Crippen LogP contribution in [0.4, 0.5) is 0 Å². The quantitative estimate of drug-likeness (QED) is 0.839. The summed E-state index contributed by atoms with van der Waals surface area (Å²) in [5.41, 5.74) is 0.0514. The van der Waals surface area contributed by atoms with Gasteiger partial charge in [0.05, 0.1) is 0 Å². The van der Waals surface area contributed by atoms with Crippen molar-refractivity contribution in [3.63, 3.8) is 0 Å². The van der Waals surface area contributed by atoms with Gasteiger partial charge in [0.25, 0.3) is 0 Å². The maximum Gasteiger partial charge on any atom is 0.329 e. The number of nitrogens with one attached hydrogen (secondary N) is 1. The summed E-state index contributed by atoms with van der Waals surface area (Å²) in [5.74, 6) is 0.0610. The van der Waals surface area contributed by atoms with E-state index in [1.54, 1.807) is 20.8 Å². The number of ether oxygens (including phenoxy) is 2. The van der Waals surface area contributed by atoms with Crippen molar-refractivity contribution in [1.29, 1.82) is 0 Å². The maximum absolute atomic E-state index is 12.3. The fourth-order valence-electron chi connectivity index (χ4n) is 2.09. The Morgan fingerprint density at radius 2 is 1.54 bits per heavy atom. The average Bonchev–Trinajstić information content (AvgIpc) is 2.36. The molecule has 1 atom stereocenters. The van der Waals surface area contributed by atoms with Gasteiger partial charge in [0.2, 0.25) is 5.91 Å². The lowest BCUT2D eigenvalue weighted by atomic mass is 10.0. The molecule has 134 valence electrons. The molecule has 0 aliphatic carbocycles. The fourth-order valence-corrected chi connectivity index (χ4v) is 2.09. The average molecular weight is 335 g/mol. The molecular weight excluding hydrogens is 306 g/mol. The van der Waals surface area contributed by atoms with Gasteiger partial charge in [0, 0.05) is 13.3 Å². The summed E-state index contributed by atoms with van der Waals surface area (Å²) in [7, 11) is 0. The van der Waals surface area contributed by atoms with E-state index in [0.29, 0.717) is 6.42 Å². The molecule has 0 spiro atoms. The van der Waals surface area contributed by atoms with Gasteiger partial charge in [-0.2, -0.15) is 0 Å². The van der Waals surface area contributed by atoms with E-state index in [9.17, 15) is 9.59 Å². The van der Waals surface area contributed by atoms with Crippen LogP contribution >= 0.6 is 0 Å². The summed E-state index contributed by atoms with van der Waals surface area (Å²) >= 11 is 0. The second-order valence-electron chi connectivity index (χ2n) is 7.85. The smallest absolute Gasteiger partial charge is 0.329 e. The van der Waals surface area contributed by atoms with Crippen LogP contribution in [0.25, 0.3) is 0 Å². The van der Waals surface area contributed by atoms with Crippen molar-refractivity contribution in [2.24, 2.45) is 0 Å². The molecule has 5 nitrogen and oxygen atoms in total. The molecule has 0 fully saturated rings. The van der Waals surface area contributed by atoms with Gasteiger partial charge in [-0.1, -0.05) is 12.1 Å². The first-order valence-electron chi connectivity index (χ1n) is 8.14. The zero-order valence-corrected chi connectivity index (χ0v) is 15.7. The lowest BCUT2D eigenvalue weighted by Crippen LogP contribution is -2.44. The maximum atomic E-state index is 12.3. The topological polar surface area (TPSA) is 64.6 Å². The Hall–Kier alpha value is -2.04. The molecule has 0 aliphatic rings. The summed E-state index contributed by atoms with van der Waals surface area (Å²) in [6.07, 6.45) is 0.365. The predicted molar refractivity (Wildman–Crippen MR) is 94.0 cm³/mol. The van der Waals surface area contributed by atoms with Crippen LogP contribution in [-0.4, -0.2) is 29.1 Å². The zero-order chi connectivity index (χ0) is 18.5. The highest BCUT2D eigenvalue weighted by Crippen LogP contribution is 2.19. The predicted octanol–water partition coefficient (Wildman–Crippen LogP) is 3.25. The molecule has 0 aliphatic heterocycles. The van der Waals surface area contributed by atoms with Gasteiger partial charge >= 0.3 is 5.97 Å². The first kappa shape index (κ1) is 20.0. The number of hydrogen-bond donors (Lipinski definition) is 1. The van der Waals surface area contributed by atoms with Crippen molar-refractivity contribution < 1.29 is 19.1 Å². The van der Waals surface area contributed by atoms with Crippen LogP contribution in [0.3, 0.4) is 0 Å². The number of esters is 1. The summed E-state index contributed by atoms with van der Waals surface area (Å²) in [5, 5.41) is 2.66. The van der Waals surface area contributed by atoms with Crippen molar-refractivity contribution in [2.45, 2.75) is 72.1 Å². The number of carbonyl (C=O) groups is 2. The number of carbonyl (C=O) groups excluding carboxylic acids is 2. The van der Waals surface area contributed by atoms with Crippen LogP contribution in [0.15, 0.2) is 24.3 Å². The molecule has 1 aromatic carbocycles. The summed E-state index contributed by atoms with van der Waals surface area (Å²) in [6, 6.07) is 6.79. The molecule has 0 saturated carbocycles. The fraction of sp³-hybridized carbons (Fsp3) is 0.579.